The SMILES string of the molecule is COc1nc(SC[C@](C)(N)C(N)=O)c(Cl)nc1NS(=O)(=O)c1cccc(Cl)c1Cl. The first-order valence-electron chi connectivity index (χ1n) is 7.69. The number of carbonyl (C=O) groups is 1. The fourth-order valence-electron chi connectivity index (χ4n) is 1.85. The number of methoxy groups -OCH3 is 1. The van der Waals surface area contributed by atoms with Crippen molar-refractivity contribution in [1.82, 2.24) is 9.97 Å². The molecule has 0 saturated heterocycles. The molecule has 29 heavy (non-hydrogen) atoms. The highest BCUT2D eigenvalue weighted by molar-refractivity contribution is 7.99. The van der Waals surface area contributed by atoms with Crippen LogP contribution in [0, 0.1) is 0 Å². The zero-order valence-electron chi connectivity index (χ0n) is 15.1. The number of anilines is 1. The lowest BCUT2D eigenvalue weighted by molar-refractivity contribution is -0.121. The molecule has 1 atom stereocenters. The fraction of sp³-hybridized carbons (Fsp3) is 0.267. The van der Waals surface area contributed by atoms with Gasteiger partial charge in [0, 0.05) is 5.75 Å². The Morgan fingerprint density at radius 2 is 1.97 bits per heavy atom. The third kappa shape index (κ3) is 5.56. The highest BCUT2D eigenvalue weighted by Crippen LogP contribution is 2.34. The molecule has 0 aliphatic carbocycles. The molecule has 14 heteroatoms. The molecule has 5 N–H and O–H groups in total. The molecule has 0 spiro atoms. The van der Waals surface area contributed by atoms with Crippen molar-refractivity contribution in [3.8, 4) is 5.88 Å². The second-order valence-electron chi connectivity index (χ2n) is 5.91. The lowest BCUT2D eigenvalue weighted by Gasteiger charge is -2.20. The number of nitrogens with zero attached hydrogens (tertiary/aromatic N) is 2. The maximum atomic E-state index is 12.7. The van der Waals surface area contributed by atoms with Gasteiger partial charge in [-0.15, -0.1) is 11.8 Å². The van der Waals surface area contributed by atoms with Gasteiger partial charge in [0.15, 0.2) is 5.15 Å². The van der Waals surface area contributed by atoms with Crippen LogP contribution < -0.4 is 20.9 Å². The van der Waals surface area contributed by atoms with Crippen LogP contribution in [0.5, 0.6) is 5.88 Å². The van der Waals surface area contributed by atoms with Crippen LogP contribution in [0.3, 0.4) is 0 Å². The van der Waals surface area contributed by atoms with E-state index in [1.54, 1.807) is 0 Å². The summed E-state index contributed by atoms with van der Waals surface area (Å²) in [6.07, 6.45) is 0. The Balaban J connectivity index is 2.36. The molecule has 158 valence electrons. The number of carbonyl (C=O) groups excluding carboxylic acids is 1. The fourth-order valence-corrected chi connectivity index (χ4v) is 4.79. The Labute approximate surface area is 186 Å². The summed E-state index contributed by atoms with van der Waals surface area (Å²) in [4.78, 5) is 19.2. The molecule has 0 saturated carbocycles. The van der Waals surface area contributed by atoms with Crippen molar-refractivity contribution in [3.63, 3.8) is 0 Å². The van der Waals surface area contributed by atoms with E-state index >= 15 is 0 Å². The van der Waals surface area contributed by atoms with Gasteiger partial charge in [-0.05, 0) is 19.1 Å². The minimum absolute atomic E-state index is 0.0586. The predicted molar refractivity (Wildman–Crippen MR) is 113 cm³/mol. The lowest BCUT2D eigenvalue weighted by Crippen LogP contribution is -2.51. The second kappa shape index (κ2) is 9.11. The van der Waals surface area contributed by atoms with Crippen molar-refractivity contribution >= 4 is 68.3 Å². The Morgan fingerprint density at radius 3 is 2.55 bits per heavy atom. The summed E-state index contributed by atoms with van der Waals surface area (Å²) < 4.78 is 32.7. The van der Waals surface area contributed by atoms with Crippen LogP contribution in [0.4, 0.5) is 5.82 Å². The van der Waals surface area contributed by atoms with Gasteiger partial charge in [-0.25, -0.2) is 18.4 Å². The molecule has 1 aromatic heterocycles. The molecule has 2 rings (SSSR count). The number of primary amides is 1. The van der Waals surface area contributed by atoms with Gasteiger partial charge in [-0.1, -0.05) is 40.9 Å². The van der Waals surface area contributed by atoms with Crippen LogP contribution in [-0.4, -0.2) is 42.7 Å². The molecule has 9 nitrogen and oxygen atoms in total. The molecule has 0 bridgehead atoms. The average molecular weight is 501 g/mol. The molecule has 2 aromatic rings. The maximum Gasteiger partial charge on any atom is 0.264 e. The monoisotopic (exact) mass is 499 g/mol. The van der Waals surface area contributed by atoms with E-state index in [2.05, 4.69) is 14.7 Å². The maximum absolute atomic E-state index is 12.7. The van der Waals surface area contributed by atoms with E-state index in [1.165, 1.54) is 32.2 Å². The molecular formula is C15H16Cl3N5O4S2. The molecule has 0 aliphatic rings. The quantitative estimate of drug-likeness (QED) is 0.468. The van der Waals surface area contributed by atoms with E-state index in [9.17, 15) is 13.2 Å². The van der Waals surface area contributed by atoms with E-state index in [1.807, 2.05) is 0 Å². The van der Waals surface area contributed by atoms with Crippen LogP contribution in [0.25, 0.3) is 0 Å². The number of rotatable bonds is 8. The number of amides is 1. The highest BCUT2D eigenvalue weighted by Gasteiger charge is 2.28. The standard InChI is InChI=1S/C15H16Cl3N5O4S2/c1-15(20,14(19)24)6-28-13-10(18)21-11(12(22-13)27-2)23-29(25,26)8-5-3-4-7(16)9(8)17/h3-5H,6,20H2,1-2H3,(H2,19,24)(H,21,23)/t15-/m0/s1. The summed E-state index contributed by atoms with van der Waals surface area (Å²) in [6.45, 7) is 1.46. The molecule has 1 amide bonds. The number of hydrogen-bond donors (Lipinski definition) is 3. The number of halogens is 3. The average Bonchev–Trinajstić information content (AvgIpc) is 2.62. The molecule has 1 aromatic carbocycles. The largest absolute Gasteiger partial charge is 0.478 e. The van der Waals surface area contributed by atoms with Gasteiger partial charge in [0.2, 0.25) is 11.7 Å². The van der Waals surface area contributed by atoms with Crippen molar-refractivity contribution in [2.75, 3.05) is 17.6 Å². The van der Waals surface area contributed by atoms with Gasteiger partial charge in [0.05, 0.1) is 17.2 Å². The summed E-state index contributed by atoms with van der Waals surface area (Å²) in [5.41, 5.74) is 9.72. The van der Waals surface area contributed by atoms with Gasteiger partial charge < -0.3 is 16.2 Å². The molecule has 0 aliphatic heterocycles. The Kier molecular flexibility index (Phi) is 7.47. The topological polar surface area (TPSA) is 150 Å². The molecule has 0 fully saturated rings. The number of aromatic nitrogens is 2. The molecule has 0 radical (unpaired) electrons. The van der Waals surface area contributed by atoms with Crippen LogP contribution in [0.2, 0.25) is 15.2 Å². The summed E-state index contributed by atoms with van der Waals surface area (Å²) in [5.74, 6) is -1.06. The summed E-state index contributed by atoms with van der Waals surface area (Å²) in [5, 5.41) is -0.0478. The number of nitrogens with one attached hydrogen (secondary N) is 1. The van der Waals surface area contributed by atoms with Crippen LogP contribution >= 0.6 is 46.6 Å². The van der Waals surface area contributed by atoms with Gasteiger partial charge in [-0.3, -0.25) is 9.52 Å². The second-order valence-corrected chi connectivity index (χ2v) is 9.66. The number of ether oxygens (including phenoxy) is 1. The third-order valence-electron chi connectivity index (χ3n) is 3.49. The van der Waals surface area contributed by atoms with Crippen molar-refractivity contribution in [1.29, 1.82) is 0 Å². The predicted octanol–water partition coefficient (Wildman–Crippen LogP) is 2.54. The van der Waals surface area contributed by atoms with Gasteiger partial charge in [0.1, 0.15) is 15.5 Å². The van der Waals surface area contributed by atoms with Gasteiger partial charge in [0.25, 0.3) is 15.9 Å². The van der Waals surface area contributed by atoms with E-state index in [0.717, 1.165) is 11.8 Å². The van der Waals surface area contributed by atoms with E-state index in [-0.39, 0.29) is 42.6 Å². The van der Waals surface area contributed by atoms with E-state index in [0.29, 0.717) is 0 Å². The zero-order chi connectivity index (χ0) is 22.0. The summed E-state index contributed by atoms with van der Waals surface area (Å²) in [6, 6.07) is 4.15. The van der Waals surface area contributed by atoms with E-state index in [4.69, 9.17) is 51.0 Å². The first-order chi connectivity index (χ1) is 13.4. The number of benzene rings is 1. The third-order valence-corrected chi connectivity index (χ3v) is 7.48. The normalized spacial score (nSPS) is 13.6. The van der Waals surface area contributed by atoms with Crippen molar-refractivity contribution in [3.05, 3.63) is 33.4 Å². The number of thioether (sulfide) groups is 1. The van der Waals surface area contributed by atoms with Crippen LogP contribution in [0.15, 0.2) is 28.1 Å². The molecule has 0 unspecified atom stereocenters. The number of hydrogen-bond acceptors (Lipinski definition) is 8. The van der Waals surface area contributed by atoms with Crippen molar-refractivity contribution in [2.24, 2.45) is 11.5 Å². The lowest BCUT2D eigenvalue weighted by atomic mass is 10.1. The number of sulfonamides is 1. The summed E-state index contributed by atoms with van der Waals surface area (Å²) >= 11 is 19.0. The first kappa shape index (κ1) is 23.8. The first-order valence-corrected chi connectivity index (χ1v) is 11.3. The highest BCUT2D eigenvalue weighted by atomic mass is 35.5. The smallest absolute Gasteiger partial charge is 0.264 e. The Morgan fingerprint density at radius 1 is 1.31 bits per heavy atom. The number of nitrogens with two attached hydrogens (primary N) is 2. The van der Waals surface area contributed by atoms with Crippen molar-refractivity contribution in [2.45, 2.75) is 22.4 Å². The zero-order valence-corrected chi connectivity index (χ0v) is 19.0. The van der Waals surface area contributed by atoms with Crippen LogP contribution in [-0.2, 0) is 14.8 Å². The van der Waals surface area contributed by atoms with Gasteiger partial charge >= 0.3 is 0 Å². The summed E-state index contributed by atoms with van der Waals surface area (Å²) in [7, 11) is -2.90. The van der Waals surface area contributed by atoms with Crippen molar-refractivity contribution < 1.29 is 17.9 Å². The Bertz CT molecular complexity index is 1050. The molecular weight excluding hydrogens is 485 g/mol. The van der Waals surface area contributed by atoms with Crippen LogP contribution in [0.1, 0.15) is 6.92 Å². The van der Waals surface area contributed by atoms with Gasteiger partial charge in [-0.2, -0.15) is 0 Å². The Hall–Kier alpha value is -1.50. The van der Waals surface area contributed by atoms with E-state index < -0.39 is 21.5 Å². The minimum Gasteiger partial charge on any atom is -0.478 e. The minimum atomic E-state index is -4.17. The molecule has 1 heterocycles.